The van der Waals surface area contributed by atoms with E-state index in [1.54, 1.807) is 4.72 Å². The molecule has 1 aliphatic rings. The Bertz CT molecular complexity index is 704. The Morgan fingerprint density at radius 2 is 2.23 bits per heavy atom. The molecule has 0 saturated carbocycles. The highest BCUT2D eigenvalue weighted by atomic mass is 32.2. The van der Waals surface area contributed by atoms with Gasteiger partial charge in [-0.05, 0) is 6.92 Å². The maximum Gasteiger partial charge on any atom is 0.298 e. The Kier molecular flexibility index (Phi) is 7.55. The van der Waals surface area contributed by atoms with Gasteiger partial charge < -0.3 is 19.9 Å². The first-order valence-corrected chi connectivity index (χ1v) is 10.3. The van der Waals surface area contributed by atoms with E-state index in [0.717, 1.165) is 43.4 Å². The van der Waals surface area contributed by atoms with E-state index in [2.05, 4.69) is 15.2 Å². The highest BCUT2D eigenvalue weighted by Crippen LogP contribution is 2.25. The molecule has 0 aliphatic carbocycles. The molecule has 13 heteroatoms. The monoisotopic (exact) mass is 408 g/mol. The number of morpholine rings is 1. The Balaban J connectivity index is 1.74. The number of aliphatic hydroxyl groups excluding tert-OH is 1. The minimum absolute atomic E-state index is 0.0421. The van der Waals surface area contributed by atoms with Crippen LogP contribution in [-0.2, 0) is 21.5 Å². The van der Waals surface area contributed by atoms with E-state index in [1.807, 2.05) is 6.92 Å². The third-order valence-electron chi connectivity index (χ3n) is 3.51. The summed E-state index contributed by atoms with van der Waals surface area (Å²) in [5, 5.41) is 24.8. The van der Waals surface area contributed by atoms with Gasteiger partial charge in [0.15, 0.2) is 0 Å². The Morgan fingerprint density at radius 1 is 1.54 bits per heavy atom. The van der Waals surface area contributed by atoms with Crippen LogP contribution in [0.15, 0.2) is 0 Å². The number of guanidine groups is 1. The van der Waals surface area contributed by atoms with Crippen LogP contribution in [-0.4, -0.2) is 74.9 Å². The van der Waals surface area contributed by atoms with Gasteiger partial charge in [0.25, 0.3) is 15.4 Å². The molecular weight excluding hydrogens is 384 g/mol. The molecule has 0 radical (unpaired) electrons. The smallest absolute Gasteiger partial charge is 0.298 e. The average molecular weight is 409 g/mol. The number of nitrogens with one attached hydrogen (secondary N) is 3. The molecule has 0 bridgehead atoms. The molecule has 1 aromatic rings. The fraction of sp³-hybridized carbons (Fsp3) is 0.692. The topological polar surface area (TPSA) is 163 Å². The molecule has 0 aromatic carbocycles. The lowest BCUT2D eigenvalue weighted by Crippen LogP contribution is -2.46. The van der Waals surface area contributed by atoms with Crippen LogP contribution >= 0.6 is 11.3 Å². The number of nitrogens with two attached hydrogens (primary N) is 1. The Labute approximate surface area is 156 Å². The lowest BCUT2D eigenvalue weighted by Gasteiger charge is -2.25. The molecule has 0 amide bonds. The summed E-state index contributed by atoms with van der Waals surface area (Å²) < 4.78 is 34.1. The number of rotatable bonds is 8. The summed E-state index contributed by atoms with van der Waals surface area (Å²) in [6.07, 6.45) is -0.954. The lowest BCUT2D eigenvalue weighted by molar-refractivity contribution is 0.0335. The number of ether oxygens (including phenoxy) is 2. The van der Waals surface area contributed by atoms with Crippen molar-refractivity contribution < 1.29 is 23.0 Å². The highest BCUT2D eigenvalue weighted by Gasteiger charge is 2.16. The maximum absolute atomic E-state index is 10.8. The minimum Gasteiger partial charge on any atom is -0.467 e. The lowest BCUT2D eigenvalue weighted by atomic mass is 10.3. The van der Waals surface area contributed by atoms with E-state index < -0.39 is 22.3 Å². The van der Waals surface area contributed by atoms with E-state index in [4.69, 9.17) is 20.0 Å². The molecule has 26 heavy (non-hydrogen) atoms. The molecule has 1 aromatic heterocycles. The summed E-state index contributed by atoms with van der Waals surface area (Å²) in [4.78, 5) is 7.77. The van der Waals surface area contributed by atoms with Crippen molar-refractivity contribution in [3.63, 3.8) is 0 Å². The van der Waals surface area contributed by atoms with Crippen molar-refractivity contribution in [2.24, 2.45) is 5.14 Å². The summed E-state index contributed by atoms with van der Waals surface area (Å²) >= 11 is 1.40. The summed E-state index contributed by atoms with van der Waals surface area (Å²) in [7, 11) is -4.01. The zero-order chi connectivity index (χ0) is 19.2. The predicted octanol–water partition coefficient (Wildman–Crippen LogP) is -1.66. The molecule has 1 fully saturated rings. The molecule has 11 nitrogen and oxygen atoms in total. The fourth-order valence-corrected chi connectivity index (χ4v) is 3.34. The van der Waals surface area contributed by atoms with Crippen molar-refractivity contribution in [2.45, 2.75) is 19.6 Å². The second kappa shape index (κ2) is 9.43. The van der Waals surface area contributed by atoms with Crippen LogP contribution in [0.3, 0.4) is 0 Å². The second-order valence-electron chi connectivity index (χ2n) is 5.74. The van der Waals surface area contributed by atoms with Crippen molar-refractivity contribution >= 4 is 27.5 Å². The number of hydrogen-bond acceptors (Lipinski definition) is 9. The molecule has 2 rings (SSSR count). The zero-order valence-electron chi connectivity index (χ0n) is 14.4. The Morgan fingerprint density at radius 3 is 2.88 bits per heavy atom. The summed E-state index contributed by atoms with van der Waals surface area (Å²) in [5.74, 6) is -0.524. The first kappa shape index (κ1) is 20.8. The van der Waals surface area contributed by atoms with Crippen LogP contribution in [0.25, 0.3) is 0 Å². The number of nitrogens with zero attached hydrogens (tertiary/aromatic N) is 2. The molecule has 2 heterocycles. The average Bonchev–Trinajstić information content (AvgIpc) is 2.90. The zero-order valence-corrected chi connectivity index (χ0v) is 16.0. The molecule has 1 atom stereocenters. The van der Waals surface area contributed by atoms with Crippen LogP contribution in [0, 0.1) is 12.3 Å². The second-order valence-corrected chi connectivity index (χ2v) is 8.20. The predicted molar refractivity (Wildman–Crippen MR) is 96.4 cm³/mol. The van der Waals surface area contributed by atoms with Gasteiger partial charge in [-0.15, -0.1) is 0 Å². The molecule has 0 spiro atoms. The third kappa shape index (κ3) is 7.39. The van der Waals surface area contributed by atoms with Crippen LogP contribution < -0.4 is 19.9 Å². The molecule has 1 unspecified atom stereocenters. The Hall–Kier alpha value is -1.51. The van der Waals surface area contributed by atoms with Gasteiger partial charge in [-0.2, -0.15) is 8.42 Å². The van der Waals surface area contributed by atoms with Crippen LogP contribution in [0.4, 0.5) is 0 Å². The number of thiazole rings is 1. The van der Waals surface area contributed by atoms with Crippen molar-refractivity contribution in [2.75, 3.05) is 39.5 Å². The third-order valence-corrected chi connectivity index (χ3v) is 4.92. The van der Waals surface area contributed by atoms with Gasteiger partial charge in [-0.1, -0.05) is 11.3 Å². The van der Waals surface area contributed by atoms with Gasteiger partial charge in [0.2, 0.25) is 5.96 Å². The van der Waals surface area contributed by atoms with Gasteiger partial charge >= 0.3 is 0 Å². The van der Waals surface area contributed by atoms with Crippen molar-refractivity contribution in [3.05, 3.63) is 10.6 Å². The molecule has 1 saturated heterocycles. The van der Waals surface area contributed by atoms with E-state index in [-0.39, 0.29) is 13.2 Å². The molecule has 148 valence electrons. The minimum atomic E-state index is -4.01. The van der Waals surface area contributed by atoms with Crippen molar-refractivity contribution in [1.29, 1.82) is 5.41 Å². The normalized spacial score (nSPS) is 16.9. The van der Waals surface area contributed by atoms with Gasteiger partial charge in [-0.3, -0.25) is 10.3 Å². The summed E-state index contributed by atoms with van der Waals surface area (Å²) in [6.45, 7) is 5.77. The standard InChI is InChI=1S/C13H24N6O5S2/c1-9-11(7-19-2-4-23-5-3-19)17-13(25-9)24-8-10(20)6-16-12(14)18-26(15,21)22/h10,20H,2-8H2,1H3,(H3,14,16,18)(H2,15,21,22). The van der Waals surface area contributed by atoms with Gasteiger partial charge in [-0.25, -0.2) is 14.8 Å². The van der Waals surface area contributed by atoms with E-state index in [0.29, 0.717) is 5.19 Å². The van der Waals surface area contributed by atoms with Gasteiger partial charge in [0, 0.05) is 31.1 Å². The summed E-state index contributed by atoms with van der Waals surface area (Å²) in [5.41, 5.74) is 0.943. The number of hydrogen-bond donors (Lipinski definition) is 5. The first-order chi connectivity index (χ1) is 12.2. The molecular formula is C13H24N6O5S2. The van der Waals surface area contributed by atoms with Crippen molar-refractivity contribution in [1.82, 2.24) is 19.9 Å². The van der Waals surface area contributed by atoms with Crippen LogP contribution in [0.1, 0.15) is 10.6 Å². The number of aliphatic hydroxyl groups is 1. The molecule has 1 aliphatic heterocycles. The quantitative estimate of drug-likeness (QED) is 0.252. The number of aryl methyl sites for hydroxylation is 1. The number of aromatic nitrogens is 1. The highest BCUT2D eigenvalue weighted by molar-refractivity contribution is 7.87. The summed E-state index contributed by atoms with van der Waals surface area (Å²) in [6, 6.07) is 0. The van der Waals surface area contributed by atoms with Crippen LogP contribution in [0.2, 0.25) is 0 Å². The molecule has 6 N–H and O–H groups in total. The van der Waals surface area contributed by atoms with Gasteiger partial charge in [0.05, 0.1) is 18.9 Å². The van der Waals surface area contributed by atoms with Crippen molar-refractivity contribution in [3.8, 4) is 5.19 Å². The largest absolute Gasteiger partial charge is 0.467 e. The van der Waals surface area contributed by atoms with E-state index in [1.165, 1.54) is 11.3 Å². The fourth-order valence-electron chi connectivity index (χ4n) is 2.21. The van der Waals surface area contributed by atoms with Gasteiger partial charge in [0.1, 0.15) is 12.7 Å². The van der Waals surface area contributed by atoms with E-state index >= 15 is 0 Å². The van der Waals surface area contributed by atoms with Crippen LogP contribution in [0.5, 0.6) is 5.19 Å². The van der Waals surface area contributed by atoms with E-state index in [9.17, 15) is 13.5 Å². The first-order valence-electron chi connectivity index (χ1n) is 7.93. The maximum atomic E-state index is 10.8. The SMILES string of the molecule is Cc1sc(OCC(O)CNC(=N)NS(N)(=O)=O)nc1CN1CCOCC1.